The summed E-state index contributed by atoms with van der Waals surface area (Å²) in [6, 6.07) is 0. The summed E-state index contributed by atoms with van der Waals surface area (Å²) >= 11 is 0. The van der Waals surface area contributed by atoms with Crippen LogP contribution in [-0.2, 0) is 0 Å². The zero-order valence-electron chi connectivity index (χ0n) is 15.6. The number of nitrogens with zero attached hydrogens (tertiary/aromatic N) is 2. The Morgan fingerprint density at radius 2 is 0.917 bits per heavy atom. The molecule has 0 fully saturated rings. The summed E-state index contributed by atoms with van der Waals surface area (Å²) < 4.78 is 1.00. The Kier molecular flexibility index (Phi) is 40.6. The quantitative estimate of drug-likeness (QED) is 0.205. The molecule has 0 bridgehead atoms. The fourth-order valence-electron chi connectivity index (χ4n) is 0.817. The van der Waals surface area contributed by atoms with Gasteiger partial charge in [-0.2, -0.15) is 0 Å². The van der Waals surface area contributed by atoms with Gasteiger partial charge in [0.1, 0.15) is 6.10 Å². The third-order valence-electron chi connectivity index (χ3n) is 1.67. The lowest BCUT2D eigenvalue weighted by Gasteiger charge is -2.17. The molecule has 0 aromatic carbocycles. The highest BCUT2D eigenvalue weighted by Gasteiger charge is 2.00. The van der Waals surface area contributed by atoms with E-state index in [1.54, 1.807) is 4.90 Å². The highest BCUT2D eigenvalue weighted by molar-refractivity contribution is 4.54. The van der Waals surface area contributed by atoms with E-state index in [-0.39, 0.29) is 45.4 Å². The van der Waals surface area contributed by atoms with Crippen molar-refractivity contribution in [3.8, 4) is 0 Å². The largest absolute Gasteiger partial charge is 1.00 e. The molecule has 0 atom stereocenters. The van der Waals surface area contributed by atoms with Crippen molar-refractivity contribution in [2.45, 2.75) is 6.10 Å². The molecule has 0 aliphatic carbocycles. The Balaban J connectivity index is -0.0000000745. The predicted octanol–water partition coefficient (Wildman–Crippen LogP) is -6.47. The van der Waals surface area contributed by atoms with Crippen LogP contribution >= 0.6 is 0 Å². The van der Waals surface area contributed by atoms with Gasteiger partial charge in [-0.1, -0.05) is 0 Å². The molecule has 24 heavy (non-hydrogen) atoms. The maximum atomic E-state index is 8.48. The topological polar surface area (TPSA) is 145 Å². The summed E-state index contributed by atoms with van der Waals surface area (Å²) in [4.78, 5) is 1.79. The Morgan fingerprint density at radius 1 is 0.708 bits per heavy atom. The first-order valence-electron chi connectivity index (χ1n) is 7.34. The van der Waals surface area contributed by atoms with Gasteiger partial charge in [0.15, 0.2) is 0 Å². The third kappa shape index (κ3) is 57.5. The second-order valence-electron chi connectivity index (χ2n) is 5.71. The van der Waals surface area contributed by atoms with Gasteiger partial charge in [0.25, 0.3) is 0 Å². The zero-order chi connectivity index (χ0) is 19.3. The van der Waals surface area contributed by atoms with E-state index in [2.05, 4.69) is 28.2 Å². The number of halogens is 1. The molecule has 154 valence electrons. The maximum absolute atomic E-state index is 8.48. The number of hydrogen-bond donors (Lipinski definition) is 7. The van der Waals surface area contributed by atoms with Gasteiger partial charge in [0.05, 0.1) is 61.2 Å². The molecule has 0 saturated carbocycles. The number of aliphatic hydroxyl groups excluding tert-OH is 7. The van der Waals surface area contributed by atoms with E-state index in [9.17, 15) is 0 Å². The van der Waals surface area contributed by atoms with E-state index in [0.29, 0.717) is 19.6 Å². The van der Waals surface area contributed by atoms with Crippen molar-refractivity contribution in [2.75, 3.05) is 88.0 Å². The van der Waals surface area contributed by atoms with Crippen molar-refractivity contribution >= 4 is 0 Å². The molecule has 0 aromatic heterocycles. The normalized spacial score (nSPS) is 9.75. The first-order valence-corrected chi connectivity index (χ1v) is 7.34. The molecule has 0 aromatic rings. The van der Waals surface area contributed by atoms with Gasteiger partial charge in [-0.25, -0.2) is 0 Å². The molecule has 0 heterocycles. The predicted molar refractivity (Wildman–Crippen MR) is 90.0 cm³/mol. The molecule has 0 amide bonds. The van der Waals surface area contributed by atoms with Crippen molar-refractivity contribution < 1.29 is 52.6 Å². The lowest BCUT2D eigenvalue weighted by molar-refractivity contribution is -0.849. The smallest absolute Gasteiger partial charge is 0.100 e. The van der Waals surface area contributed by atoms with Gasteiger partial charge in [0.2, 0.25) is 0 Å². The molecular formula is C14H39ClN2O7. The van der Waals surface area contributed by atoms with Crippen LogP contribution in [0.4, 0.5) is 0 Å². The van der Waals surface area contributed by atoms with Crippen molar-refractivity contribution in [1.29, 1.82) is 0 Å². The van der Waals surface area contributed by atoms with Crippen LogP contribution in [0.5, 0.6) is 0 Å². The van der Waals surface area contributed by atoms with E-state index in [0.717, 1.165) is 11.6 Å². The van der Waals surface area contributed by atoms with Crippen LogP contribution in [0.2, 0.25) is 0 Å². The highest BCUT2D eigenvalue weighted by atomic mass is 35.5. The summed E-state index contributed by atoms with van der Waals surface area (Å²) in [7, 11) is 9.50. The van der Waals surface area contributed by atoms with Crippen molar-refractivity contribution in [2.24, 2.45) is 0 Å². The van der Waals surface area contributed by atoms with Crippen LogP contribution in [-0.4, -0.2) is 139 Å². The van der Waals surface area contributed by atoms with E-state index >= 15 is 0 Å². The Morgan fingerprint density at radius 3 is 1.00 bits per heavy atom. The third-order valence-corrected chi connectivity index (χ3v) is 1.67. The minimum Gasteiger partial charge on any atom is -1.00 e. The van der Waals surface area contributed by atoms with Crippen LogP contribution in [0.25, 0.3) is 0 Å². The van der Waals surface area contributed by atoms with E-state index in [1.165, 1.54) is 0 Å². The molecule has 10 heteroatoms. The second-order valence-corrected chi connectivity index (χ2v) is 5.71. The van der Waals surface area contributed by atoms with Gasteiger partial charge < -0.3 is 52.6 Å². The molecular weight excluding hydrogens is 344 g/mol. The molecule has 0 saturated heterocycles. The molecule has 0 rings (SSSR count). The fraction of sp³-hybridized carbons (Fsp3) is 1.00. The van der Waals surface area contributed by atoms with Gasteiger partial charge in [-0.05, 0) is 0 Å². The van der Waals surface area contributed by atoms with E-state index in [1.807, 2.05) is 0 Å². The minimum atomic E-state index is -0.954. The van der Waals surface area contributed by atoms with Crippen LogP contribution in [0, 0.1) is 0 Å². The zero-order valence-corrected chi connectivity index (χ0v) is 16.4. The molecule has 0 aliphatic heterocycles. The summed E-state index contributed by atoms with van der Waals surface area (Å²) in [5.41, 5.74) is 0. The Labute approximate surface area is 152 Å². The first kappa shape index (κ1) is 35.1. The Bertz CT molecular complexity index is 174. The number of quaternary nitrogens is 1. The Hall–Kier alpha value is -0.0700. The number of rotatable bonds is 8. The molecule has 0 spiro atoms. The highest BCUT2D eigenvalue weighted by Crippen LogP contribution is 1.84. The van der Waals surface area contributed by atoms with Gasteiger partial charge in [-0.3, -0.25) is 4.90 Å². The molecule has 0 radical (unpaired) electrons. The number of hydrogen-bond acceptors (Lipinski definition) is 8. The van der Waals surface area contributed by atoms with Crippen LogP contribution < -0.4 is 12.4 Å². The first-order chi connectivity index (χ1) is 10.7. The average Bonchev–Trinajstić information content (AvgIpc) is 2.48. The molecule has 9 nitrogen and oxygen atoms in total. The monoisotopic (exact) mass is 382 g/mol. The van der Waals surface area contributed by atoms with E-state index in [4.69, 9.17) is 35.7 Å². The lowest BCUT2D eigenvalue weighted by atomic mass is 10.4. The van der Waals surface area contributed by atoms with Crippen LogP contribution in [0.15, 0.2) is 0 Å². The maximum Gasteiger partial charge on any atom is 0.100 e. The summed E-state index contributed by atoms with van der Waals surface area (Å²) in [6.45, 7) is 1.02. The van der Waals surface area contributed by atoms with Gasteiger partial charge >= 0.3 is 0 Å². The molecule has 0 unspecified atom stereocenters. The van der Waals surface area contributed by atoms with Crippen molar-refractivity contribution in [1.82, 2.24) is 4.90 Å². The van der Waals surface area contributed by atoms with Crippen molar-refractivity contribution in [3.05, 3.63) is 0 Å². The van der Waals surface area contributed by atoms with Gasteiger partial charge in [-0.15, -0.1) is 0 Å². The summed E-state index contributed by atoms with van der Waals surface area (Å²) in [6.07, 6.45) is -0.954. The SMILES string of the molecule is CO.C[N+](C)(C)C.OCC(O)CO.OCCN(CCO)CCO.[Cl-]. The second kappa shape index (κ2) is 27.8. The molecule has 0 aliphatic rings. The van der Waals surface area contributed by atoms with Gasteiger partial charge in [0, 0.05) is 26.7 Å². The average molecular weight is 383 g/mol. The minimum absolute atomic E-state index is 0. The van der Waals surface area contributed by atoms with Crippen molar-refractivity contribution in [3.63, 3.8) is 0 Å². The summed E-state index contributed by atoms with van der Waals surface area (Å²) in [5.74, 6) is 0. The standard InChI is InChI=1S/C6H15NO3.C4H12N.C3H8O3.CH4O.ClH/c8-4-1-7(2-5-9)3-6-10;1-5(2,3)4;4-1-3(6)2-5;1-2;/h8-10H,1-6H2;1-4H3;3-6H,1-2H2;2H,1H3;1H/q;+1;;;/p-1. The fourth-order valence-corrected chi connectivity index (χ4v) is 0.817. The van der Waals surface area contributed by atoms with Crippen LogP contribution in [0.1, 0.15) is 0 Å². The number of aliphatic hydroxyl groups is 7. The van der Waals surface area contributed by atoms with Crippen LogP contribution in [0.3, 0.4) is 0 Å². The van der Waals surface area contributed by atoms with E-state index < -0.39 is 6.10 Å². The molecule has 7 N–H and O–H groups in total. The lowest BCUT2D eigenvalue weighted by Crippen LogP contribution is -3.00. The summed E-state index contributed by atoms with van der Waals surface area (Å²) in [5, 5.41) is 56.5.